The normalized spacial score (nSPS) is 16.1. The molecule has 1 fully saturated rings. The van der Waals surface area contributed by atoms with Gasteiger partial charge < -0.3 is 10.2 Å². The summed E-state index contributed by atoms with van der Waals surface area (Å²) in [6, 6.07) is 15.7. The van der Waals surface area contributed by atoms with Crippen LogP contribution in [0.25, 0.3) is 0 Å². The number of hydrogen-bond acceptors (Lipinski definition) is 5. The summed E-state index contributed by atoms with van der Waals surface area (Å²) in [6.45, 7) is 1.61. The average Bonchev–Trinajstić information content (AvgIpc) is 3.03. The van der Waals surface area contributed by atoms with Crippen molar-refractivity contribution in [2.24, 2.45) is 0 Å². The van der Waals surface area contributed by atoms with E-state index in [1.165, 1.54) is 41.4 Å². The lowest BCUT2D eigenvalue weighted by Gasteiger charge is -2.19. The van der Waals surface area contributed by atoms with Gasteiger partial charge >= 0.3 is 11.5 Å². The average molecular weight is 501 g/mol. The Bertz CT molecular complexity index is 1250. The Labute approximate surface area is 202 Å². The molecule has 4 amide bonds. The molecular weight excluding hydrogens is 481 g/mol. The van der Waals surface area contributed by atoms with E-state index < -0.39 is 29.4 Å². The molecule has 4 rings (SSSR count). The summed E-state index contributed by atoms with van der Waals surface area (Å²) in [5.74, 6) is -0.921. The summed E-state index contributed by atoms with van der Waals surface area (Å²) in [5, 5.41) is 2.73. The molecule has 2 heterocycles. The number of carbonyl (C=O) groups is 3. The lowest BCUT2D eigenvalue weighted by Crippen LogP contribution is -2.33. The topological polar surface area (TPSA) is 82.6 Å². The Kier molecular flexibility index (Phi) is 6.79. The number of imide groups is 1. The quantitative estimate of drug-likeness (QED) is 0.367. The Morgan fingerprint density at radius 3 is 2.40 bits per heavy atom. The van der Waals surface area contributed by atoms with E-state index in [1.807, 2.05) is 6.07 Å². The van der Waals surface area contributed by atoms with Crippen molar-refractivity contribution >= 4 is 41.0 Å². The molecule has 11 heteroatoms. The minimum Gasteiger partial charge on any atom is -0.321 e. The molecule has 0 radical (unpaired) electrons. The van der Waals surface area contributed by atoms with Gasteiger partial charge in [0.1, 0.15) is 11.7 Å². The third kappa shape index (κ3) is 5.62. The Balaban J connectivity index is 1.48. The molecular formula is C24H19F3N4O3S. The molecule has 1 unspecified atom stereocenters. The number of aromatic nitrogens is 1. The number of anilines is 2. The first-order chi connectivity index (χ1) is 16.6. The van der Waals surface area contributed by atoms with Crippen LogP contribution in [0.3, 0.4) is 0 Å². The van der Waals surface area contributed by atoms with Crippen LogP contribution in [0.5, 0.6) is 0 Å². The number of nitrogens with one attached hydrogen (secondary N) is 1. The van der Waals surface area contributed by atoms with E-state index in [0.29, 0.717) is 11.3 Å². The number of amides is 4. The van der Waals surface area contributed by atoms with Gasteiger partial charge in [-0.05, 0) is 72.8 Å². The molecule has 2 aromatic carbocycles. The second kappa shape index (κ2) is 9.79. The molecule has 7 nitrogen and oxygen atoms in total. The second-order valence-corrected chi connectivity index (χ2v) is 8.81. The monoisotopic (exact) mass is 500 g/mol. The number of alkyl halides is 3. The summed E-state index contributed by atoms with van der Waals surface area (Å²) >= 11 is -0.277. The van der Waals surface area contributed by atoms with Gasteiger partial charge in [0, 0.05) is 23.3 Å². The van der Waals surface area contributed by atoms with Gasteiger partial charge in [-0.1, -0.05) is 18.2 Å². The number of urea groups is 1. The van der Waals surface area contributed by atoms with Crippen LogP contribution in [0.2, 0.25) is 0 Å². The lowest BCUT2D eigenvalue weighted by molar-refractivity contribution is -0.119. The number of halogens is 3. The van der Waals surface area contributed by atoms with E-state index >= 15 is 0 Å². The molecule has 1 aliphatic heterocycles. The van der Waals surface area contributed by atoms with Crippen LogP contribution >= 0.6 is 11.8 Å². The molecule has 1 atom stereocenters. The predicted molar refractivity (Wildman–Crippen MR) is 125 cm³/mol. The van der Waals surface area contributed by atoms with Crippen LogP contribution in [-0.2, 0) is 11.3 Å². The Morgan fingerprint density at radius 1 is 1.06 bits per heavy atom. The van der Waals surface area contributed by atoms with Gasteiger partial charge in [-0.3, -0.25) is 14.6 Å². The lowest BCUT2D eigenvalue weighted by atomic mass is 10.2. The van der Waals surface area contributed by atoms with Gasteiger partial charge in [0.25, 0.3) is 11.8 Å². The number of para-hydroxylation sites is 1. The summed E-state index contributed by atoms with van der Waals surface area (Å²) < 4.78 is 37.7. The summed E-state index contributed by atoms with van der Waals surface area (Å²) in [5.41, 5.74) is -2.92. The van der Waals surface area contributed by atoms with Crippen LogP contribution in [0, 0.1) is 0 Å². The second-order valence-electron chi connectivity index (χ2n) is 7.67. The highest BCUT2D eigenvalue weighted by molar-refractivity contribution is 8.00. The fraction of sp³-hybridized carbons (Fsp3) is 0.167. The smallest absolute Gasteiger partial charge is 0.321 e. The molecule has 0 aliphatic carbocycles. The van der Waals surface area contributed by atoms with Gasteiger partial charge in [-0.25, -0.2) is 9.69 Å². The van der Waals surface area contributed by atoms with Gasteiger partial charge in [-0.15, -0.1) is 0 Å². The number of carbonyl (C=O) groups excluding carboxylic acids is 3. The van der Waals surface area contributed by atoms with E-state index in [0.717, 1.165) is 4.90 Å². The highest BCUT2D eigenvalue weighted by Gasteiger charge is 2.43. The molecule has 35 heavy (non-hydrogen) atoms. The van der Waals surface area contributed by atoms with Gasteiger partial charge in [0.05, 0.1) is 5.69 Å². The van der Waals surface area contributed by atoms with E-state index in [-0.39, 0.29) is 34.6 Å². The van der Waals surface area contributed by atoms with E-state index in [1.54, 1.807) is 37.3 Å². The maximum absolute atomic E-state index is 13.1. The van der Waals surface area contributed by atoms with Gasteiger partial charge in [0.15, 0.2) is 0 Å². The maximum atomic E-state index is 13.1. The van der Waals surface area contributed by atoms with E-state index in [4.69, 9.17) is 0 Å². The predicted octanol–water partition coefficient (Wildman–Crippen LogP) is 5.30. The number of rotatable bonds is 6. The zero-order chi connectivity index (χ0) is 25.2. The first-order valence-electron chi connectivity index (χ1n) is 10.4. The molecule has 0 spiro atoms. The minimum absolute atomic E-state index is 0.0401. The number of pyridine rings is 1. The molecule has 0 bridgehead atoms. The van der Waals surface area contributed by atoms with Gasteiger partial charge in [0.2, 0.25) is 0 Å². The van der Waals surface area contributed by atoms with Crippen molar-refractivity contribution in [2.45, 2.75) is 29.9 Å². The van der Waals surface area contributed by atoms with Gasteiger partial charge in [-0.2, -0.15) is 13.2 Å². The van der Waals surface area contributed by atoms with Crippen molar-refractivity contribution in [3.63, 3.8) is 0 Å². The highest BCUT2D eigenvalue weighted by Crippen LogP contribution is 2.38. The maximum Gasteiger partial charge on any atom is 0.446 e. The fourth-order valence-electron chi connectivity index (χ4n) is 3.56. The molecule has 1 aliphatic rings. The van der Waals surface area contributed by atoms with Crippen molar-refractivity contribution in [1.29, 1.82) is 0 Å². The third-order valence-electron chi connectivity index (χ3n) is 5.25. The third-order valence-corrected chi connectivity index (χ3v) is 5.99. The summed E-state index contributed by atoms with van der Waals surface area (Å²) in [7, 11) is 0. The van der Waals surface area contributed by atoms with Crippen molar-refractivity contribution in [1.82, 2.24) is 9.88 Å². The zero-order valence-corrected chi connectivity index (χ0v) is 19.1. The molecule has 0 saturated carbocycles. The van der Waals surface area contributed by atoms with E-state index in [2.05, 4.69) is 10.3 Å². The van der Waals surface area contributed by atoms with Crippen LogP contribution in [0.1, 0.15) is 23.0 Å². The number of thioether (sulfide) groups is 1. The van der Waals surface area contributed by atoms with Crippen molar-refractivity contribution in [2.75, 3.05) is 10.2 Å². The number of benzene rings is 2. The first kappa shape index (κ1) is 24.3. The molecule has 180 valence electrons. The standard InChI is InChI=1S/C24H19F3N4O3S/c1-15-22(33)31(18-7-9-19(10-8-18)35-24(25,26)27)23(34)30(15)14-16-11-12-28-20(13-16)21(32)29-17-5-3-2-4-6-17/h2-13,15H,14H2,1H3,(H,29,32). The van der Waals surface area contributed by atoms with E-state index in [9.17, 15) is 27.6 Å². The van der Waals surface area contributed by atoms with Crippen LogP contribution < -0.4 is 10.2 Å². The molecule has 3 aromatic rings. The zero-order valence-electron chi connectivity index (χ0n) is 18.3. The summed E-state index contributed by atoms with van der Waals surface area (Å²) in [4.78, 5) is 44.7. The van der Waals surface area contributed by atoms with Crippen LogP contribution in [-0.4, -0.2) is 39.3 Å². The number of nitrogens with zero attached hydrogens (tertiary/aromatic N) is 3. The Morgan fingerprint density at radius 2 is 1.74 bits per heavy atom. The SMILES string of the molecule is CC1C(=O)N(c2ccc(SC(F)(F)F)cc2)C(=O)N1Cc1ccnc(C(=O)Nc2ccccc2)c1. The fourth-order valence-corrected chi connectivity index (χ4v) is 4.10. The van der Waals surface area contributed by atoms with Crippen molar-refractivity contribution < 1.29 is 27.6 Å². The van der Waals surface area contributed by atoms with Crippen LogP contribution in [0.4, 0.5) is 29.3 Å². The highest BCUT2D eigenvalue weighted by atomic mass is 32.2. The molecule has 1 aromatic heterocycles. The number of hydrogen-bond donors (Lipinski definition) is 1. The first-order valence-corrected chi connectivity index (χ1v) is 11.3. The van der Waals surface area contributed by atoms with Crippen LogP contribution in [0.15, 0.2) is 77.8 Å². The van der Waals surface area contributed by atoms with Crippen molar-refractivity contribution in [3.8, 4) is 0 Å². The van der Waals surface area contributed by atoms with Crippen molar-refractivity contribution in [3.05, 3.63) is 84.2 Å². The largest absolute Gasteiger partial charge is 0.446 e. The summed E-state index contributed by atoms with van der Waals surface area (Å²) in [6.07, 6.45) is 1.44. The Hall–Kier alpha value is -3.86. The molecule has 1 saturated heterocycles. The molecule has 1 N–H and O–H groups in total. The minimum atomic E-state index is -4.44.